The summed E-state index contributed by atoms with van der Waals surface area (Å²) in [6.07, 6.45) is 2.70. The van der Waals surface area contributed by atoms with Gasteiger partial charge < -0.3 is 4.74 Å². The van der Waals surface area contributed by atoms with E-state index in [2.05, 4.69) is 48.7 Å². The van der Waals surface area contributed by atoms with E-state index in [9.17, 15) is 23.2 Å². The molecule has 0 saturated heterocycles. The second-order valence-electron chi connectivity index (χ2n) is 6.80. The summed E-state index contributed by atoms with van der Waals surface area (Å²) in [7, 11) is 0. The lowest BCUT2D eigenvalue weighted by atomic mass is 10.1. The van der Waals surface area contributed by atoms with Crippen LogP contribution in [0.2, 0.25) is 0 Å². The zero-order chi connectivity index (χ0) is 25.7. The molecule has 10 heteroatoms. The van der Waals surface area contributed by atoms with Gasteiger partial charge in [0.1, 0.15) is 11.6 Å². The van der Waals surface area contributed by atoms with Gasteiger partial charge in [0.15, 0.2) is 0 Å². The van der Waals surface area contributed by atoms with Gasteiger partial charge in [-0.05, 0) is 43.2 Å². The first kappa shape index (κ1) is 50.3. The average molecular weight is 699 g/mol. The maximum absolute atomic E-state index is 13.6. The molecule has 6 nitrogen and oxygen atoms in total. The maximum Gasteiger partial charge on any atom is 0.309 e. The van der Waals surface area contributed by atoms with E-state index < -0.39 is 0 Å². The normalized spacial score (nSPS) is 13.4. The van der Waals surface area contributed by atoms with Crippen LogP contribution in [-0.2, 0) is 19.1 Å². The number of benzene rings is 2. The van der Waals surface area contributed by atoms with Crippen LogP contribution in [-0.4, -0.2) is 24.9 Å². The van der Waals surface area contributed by atoms with Crippen molar-refractivity contribution in [1.82, 2.24) is 0 Å². The summed E-state index contributed by atoms with van der Waals surface area (Å²) in [4.78, 5) is 31.0. The number of halogens is 4. The van der Waals surface area contributed by atoms with Crippen molar-refractivity contribution in [3.8, 4) is 0 Å². The Morgan fingerprint density at radius 1 is 0.975 bits per heavy atom. The molecule has 2 atom stereocenters. The monoisotopic (exact) mass is 696 g/mol. The molecule has 0 bridgehead atoms. The van der Waals surface area contributed by atoms with Crippen LogP contribution in [0.4, 0.5) is 8.78 Å². The van der Waals surface area contributed by atoms with E-state index in [1.54, 1.807) is 38.1 Å². The fraction of sp³-hybridized carbons (Fsp3) is 0.433. The third-order valence-corrected chi connectivity index (χ3v) is 5.43. The summed E-state index contributed by atoms with van der Waals surface area (Å²) in [5.74, 6) is -1.26. The Kier molecular flexibility index (Phi) is 33.5. The van der Waals surface area contributed by atoms with E-state index in [1.807, 2.05) is 0 Å². The van der Waals surface area contributed by atoms with Crippen LogP contribution in [0.5, 0.6) is 0 Å². The number of hydrogen-bond acceptors (Lipinski definition) is 4. The molecule has 2 amide bonds. The maximum atomic E-state index is 13.6. The molecule has 230 valence electrons. The topological polar surface area (TPSA) is 85.2 Å². The van der Waals surface area contributed by atoms with E-state index >= 15 is 0 Å². The Hall–Kier alpha value is -2.59. The second kappa shape index (κ2) is 26.6. The molecule has 0 aromatic heterocycles. The first-order valence-corrected chi connectivity index (χ1v) is 11.8. The molecule has 0 spiro atoms. The van der Waals surface area contributed by atoms with Crippen molar-refractivity contribution in [2.24, 2.45) is 16.1 Å². The van der Waals surface area contributed by atoms with Gasteiger partial charge in [-0.3, -0.25) is 14.4 Å². The van der Waals surface area contributed by atoms with E-state index in [0.717, 1.165) is 4.47 Å². The summed E-state index contributed by atoms with van der Waals surface area (Å²) < 4.78 is 32.7. The van der Waals surface area contributed by atoms with E-state index in [1.165, 1.54) is 18.2 Å². The van der Waals surface area contributed by atoms with Gasteiger partial charge in [0.25, 0.3) is 12.3 Å². The van der Waals surface area contributed by atoms with Crippen LogP contribution in [0.25, 0.3) is 6.08 Å². The molecule has 0 radical (unpaired) electrons. The molecule has 2 unspecified atom stereocenters. The number of carbonyl (C=O) groups excluding carboxylic acids is 3. The van der Waals surface area contributed by atoms with Crippen molar-refractivity contribution in [3.63, 3.8) is 0 Å². The SMILES string of the molecule is C.C.C.C.C.C.C=Cc1ccc(Br)cc1F.CCC(=O)N=NC=O.CCOC(=O)C1CC1c1ccc(Br)cc1F. The predicted molar refractivity (Wildman–Crippen MR) is 172 cm³/mol. The van der Waals surface area contributed by atoms with Crippen molar-refractivity contribution >= 4 is 56.2 Å². The number of hydrogen-bond donors (Lipinski definition) is 0. The highest BCUT2D eigenvalue weighted by Crippen LogP contribution is 2.49. The molecular weight excluding hydrogens is 650 g/mol. The first-order chi connectivity index (χ1) is 16.2. The van der Waals surface area contributed by atoms with Gasteiger partial charge in [-0.15, -0.1) is 10.2 Å². The van der Waals surface area contributed by atoms with Crippen LogP contribution in [0.15, 0.2) is 62.2 Å². The quantitative estimate of drug-likeness (QED) is 0.171. The summed E-state index contributed by atoms with van der Waals surface area (Å²) >= 11 is 6.35. The zero-order valence-corrected chi connectivity index (χ0v) is 21.8. The van der Waals surface area contributed by atoms with Crippen molar-refractivity contribution in [3.05, 3.63) is 74.7 Å². The lowest BCUT2D eigenvalue weighted by Crippen LogP contribution is -2.07. The molecular formula is C30H48Br2F2N2O4. The first-order valence-electron chi connectivity index (χ1n) is 10.2. The van der Waals surface area contributed by atoms with Gasteiger partial charge in [0.2, 0.25) is 0 Å². The van der Waals surface area contributed by atoms with Crippen molar-refractivity contribution in [1.29, 1.82) is 0 Å². The number of rotatable bonds is 6. The summed E-state index contributed by atoms with van der Waals surface area (Å²) in [6, 6.07) is 9.81. The van der Waals surface area contributed by atoms with Crippen molar-refractivity contribution in [2.75, 3.05) is 6.61 Å². The standard InChI is InChI=1S/C12H12BrFO2.C8H6BrF.C4H6N2O2.6CH4/c1-2-16-12(15)10-6-9(10)8-4-3-7(13)5-11(8)14;1-2-6-3-4-7(9)5-8(6)10;1-2-4(8)6-5-3-7;;;;;;/h3-5,9-10H,2,6H2,1H3;2-5H,1H2;3H,2H2,1H3;6*1H4. The number of carbonyl (C=O) groups is 3. The van der Waals surface area contributed by atoms with Gasteiger partial charge in [0.05, 0.1) is 12.5 Å². The Balaban J connectivity index is -0.000000107. The molecule has 0 heterocycles. The summed E-state index contributed by atoms with van der Waals surface area (Å²) in [5, 5.41) is 5.82. The highest BCUT2D eigenvalue weighted by atomic mass is 79.9. The molecule has 40 heavy (non-hydrogen) atoms. The minimum Gasteiger partial charge on any atom is -0.466 e. The lowest BCUT2D eigenvalue weighted by molar-refractivity contribution is -0.144. The smallest absolute Gasteiger partial charge is 0.309 e. The van der Waals surface area contributed by atoms with Crippen molar-refractivity contribution in [2.45, 2.75) is 77.2 Å². The van der Waals surface area contributed by atoms with E-state index in [-0.39, 0.29) is 92.7 Å². The van der Waals surface area contributed by atoms with Gasteiger partial charge >= 0.3 is 5.97 Å². The number of amides is 2. The Morgan fingerprint density at radius 2 is 1.50 bits per heavy atom. The number of azo groups is 1. The second-order valence-corrected chi connectivity index (χ2v) is 8.64. The molecule has 0 aliphatic heterocycles. The van der Waals surface area contributed by atoms with E-state index in [4.69, 9.17) is 4.74 Å². The molecule has 1 aliphatic carbocycles. The minimum atomic E-state index is -0.378. The van der Waals surface area contributed by atoms with Crippen LogP contribution in [0, 0.1) is 17.6 Å². The highest BCUT2D eigenvalue weighted by molar-refractivity contribution is 9.10. The number of esters is 1. The fourth-order valence-corrected chi connectivity index (χ4v) is 3.34. The van der Waals surface area contributed by atoms with Gasteiger partial charge in [-0.2, -0.15) is 0 Å². The predicted octanol–water partition coefficient (Wildman–Crippen LogP) is 10.8. The molecule has 0 N–H and O–H groups in total. The van der Waals surface area contributed by atoms with Crippen molar-refractivity contribution < 1.29 is 27.9 Å². The Bertz CT molecular complexity index is 1050. The van der Waals surface area contributed by atoms with Gasteiger partial charge in [-0.25, -0.2) is 8.78 Å². The third kappa shape index (κ3) is 17.9. The number of nitrogens with zero attached hydrogens (tertiary/aromatic N) is 2. The van der Waals surface area contributed by atoms with Crippen LogP contribution < -0.4 is 0 Å². The summed E-state index contributed by atoms with van der Waals surface area (Å²) in [6.45, 7) is 7.26. The molecule has 3 rings (SSSR count). The van der Waals surface area contributed by atoms with Crippen LogP contribution >= 0.6 is 31.9 Å². The van der Waals surface area contributed by atoms with Gasteiger partial charge in [-0.1, -0.05) is 108 Å². The van der Waals surface area contributed by atoms with Crippen LogP contribution in [0.1, 0.15) is 88.3 Å². The molecule has 1 fully saturated rings. The lowest BCUT2D eigenvalue weighted by Gasteiger charge is -2.03. The van der Waals surface area contributed by atoms with Gasteiger partial charge in [0, 0.05) is 26.8 Å². The minimum absolute atomic E-state index is 0. The molecule has 2 aromatic rings. The summed E-state index contributed by atoms with van der Waals surface area (Å²) in [5.41, 5.74) is 1.14. The zero-order valence-electron chi connectivity index (χ0n) is 18.6. The number of ether oxygens (including phenoxy) is 1. The third-order valence-electron chi connectivity index (χ3n) is 4.44. The largest absolute Gasteiger partial charge is 0.466 e. The van der Waals surface area contributed by atoms with E-state index in [0.29, 0.717) is 28.6 Å². The van der Waals surface area contributed by atoms with Crippen LogP contribution in [0.3, 0.4) is 0 Å². The average Bonchev–Trinajstić information content (AvgIpc) is 3.59. The Labute approximate surface area is 258 Å². The molecule has 1 aliphatic rings. The highest BCUT2D eigenvalue weighted by Gasteiger charge is 2.46. The molecule has 2 aromatic carbocycles. The Morgan fingerprint density at radius 3 is 1.93 bits per heavy atom. The molecule has 1 saturated carbocycles. The fourth-order valence-electron chi connectivity index (χ4n) is 2.68.